The van der Waals surface area contributed by atoms with Gasteiger partial charge in [-0.1, -0.05) is 176 Å². The zero-order valence-corrected chi connectivity index (χ0v) is 28.8. The fourth-order valence-electron chi connectivity index (χ4n) is 10.9. The third-order valence-electron chi connectivity index (χ3n) is 12.8. The van der Waals surface area contributed by atoms with Crippen molar-refractivity contribution >= 4 is 43.1 Å². The van der Waals surface area contributed by atoms with E-state index in [1.165, 1.54) is 121 Å². The van der Waals surface area contributed by atoms with Gasteiger partial charge in [-0.15, -0.1) is 0 Å². The van der Waals surface area contributed by atoms with Gasteiger partial charge in [0.15, 0.2) is 0 Å². The SMILES string of the molecule is c1ccc2c(c1)-c1cccc3c(-c4cc5c(c6ccccc46)-c4c(c6ccccc6c6ccccc46)C54c5ccccc5-c5ccccc54)ccc-2c13. The molecular formula is C53H30. The Hall–Kier alpha value is -6.76. The standard InChI is InChI=1S/C53H30/c1-2-15-32-31(14-1)39-24-13-25-40-36(28-29-43(32)49(39)40)45-30-48-50(41-21-6-4-18-35(41)45)51-42-22-7-3-16-33(42)34-17-5-8-23-44(34)52(51)53(48)46-26-11-9-19-37(46)38-20-10-12-27-47(38)53/h1-30H. The summed E-state index contributed by atoms with van der Waals surface area (Å²) in [6.07, 6.45) is 0. The van der Waals surface area contributed by atoms with Crippen molar-refractivity contribution in [2.75, 3.05) is 0 Å². The number of hydrogen-bond donors (Lipinski definition) is 0. The first-order valence-corrected chi connectivity index (χ1v) is 18.7. The van der Waals surface area contributed by atoms with Crippen molar-refractivity contribution in [3.8, 4) is 55.6 Å². The lowest BCUT2D eigenvalue weighted by molar-refractivity contribution is 0.803. The maximum absolute atomic E-state index is 2.60. The van der Waals surface area contributed by atoms with E-state index < -0.39 is 5.41 Å². The average molecular weight is 667 g/mol. The molecule has 0 saturated heterocycles. The van der Waals surface area contributed by atoms with E-state index in [-0.39, 0.29) is 0 Å². The summed E-state index contributed by atoms with van der Waals surface area (Å²) in [6.45, 7) is 0. The molecule has 0 bridgehead atoms. The molecule has 0 radical (unpaired) electrons. The Morgan fingerprint density at radius 1 is 0.245 bits per heavy atom. The van der Waals surface area contributed by atoms with E-state index in [1.807, 2.05) is 0 Å². The number of benzene rings is 10. The summed E-state index contributed by atoms with van der Waals surface area (Å²) in [7, 11) is 0. The smallest absolute Gasteiger partial charge is 0.0619 e. The normalized spacial score (nSPS) is 13.8. The van der Waals surface area contributed by atoms with Crippen molar-refractivity contribution in [2.45, 2.75) is 5.41 Å². The predicted molar refractivity (Wildman–Crippen MR) is 223 cm³/mol. The molecule has 0 aliphatic heterocycles. The van der Waals surface area contributed by atoms with E-state index in [0.717, 1.165) is 0 Å². The van der Waals surface area contributed by atoms with Gasteiger partial charge >= 0.3 is 0 Å². The van der Waals surface area contributed by atoms with Crippen LogP contribution in [0.2, 0.25) is 0 Å². The van der Waals surface area contributed by atoms with E-state index in [4.69, 9.17) is 0 Å². The fraction of sp³-hybridized carbons (Fsp3) is 0.0189. The predicted octanol–water partition coefficient (Wildman–Crippen LogP) is 14.0. The molecule has 10 aromatic rings. The van der Waals surface area contributed by atoms with Crippen molar-refractivity contribution in [1.82, 2.24) is 0 Å². The lowest BCUT2D eigenvalue weighted by Gasteiger charge is -2.32. The van der Waals surface area contributed by atoms with E-state index in [9.17, 15) is 0 Å². The van der Waals surface area contributed by atoms with E-state index in [2.05, 4.69) is 182 Å². The van der Waals surface area contributed by atoms with Crippen LogP contribution in [0.25, 0.3) is 98.7 Å². The fourth-order valence-corrected chi connectivity index (χ4v) is 10.9. The summed E-state index contributed by atoms with van der Waals surface area (Å²) < 4.78 is 0. The Balaban J connectivity index is 1.26. The van der Waals surface area contributed by atoms with E-state index in [1.54, 1.807) is 0 Å². The third kappa shape index (κ3) is 3.21. The maximum Gasteiger partial charge on any atom is 0.0732 e. The molecule has 0 unspecified atom stereocenters. The molecule has 0 heteroatoms. The minimum Gasteiger partial charge on any atom is -0.0619 e. The summed E-state index contributed by atoms with van der Waals surface area (Å²) in [4.78, 5) is 0. The first-order valence-electron chi connectivity index (χ1n) is 18.7. The highest BCUT2D eigenvalue weighted by atomic mass is 14.5. The minimum absolute atomic E-state index is 0.495. The Kier molecular flexibility index (Phi) is 5.14. The summed E-state index contributed by atoms with van der Waals surface area (Å²) in [5, 5.41) is 10.6. The molecule has 0 nitrogen and oxygen atoms in total. The Labute approximate surface area is 307 Å². The van der Waals surface area contributed by atoms with E-state index >= 15 is 0 Å². The first kappa shape index (κ1) is 27.9. The molecule has 0 aromatic heterocycles. The minimum atomic E-state index is -0.495. The van der Waals surface area contributed by atoms with Crippen LogP contribution in [0.3, 0.4) is 0 Å². The largest absolute Gasteiger partial charge is 0.0732 e. The van der Waals surface area contributed by atoms with Crippen LogP contribution in [-0.4, -0.2) is 0 Å². The van der Waals surface area contributed by atoms with Gasteiger partial charge in [-0.25, -0.2) is 0 Å². The van der Waals surface area contributed by atoms with Gasteiger partial charge < -0.3 is 0 Å². The van der Waals surface area contributed by atoms with Gasteiger partial charge in [0, 0.05) is 0 Å². The van der Waals surface area contributed by atoms with Gasteiger partial charge in [-0.2, -0.15) is 0 Å². The second kappa shape index (κ2) is 9.76. The quantitative estimate of drug-likeness (QED) is 0.153. The van der Waals surface area contributed by atoms with Gasteiger partial charge in [-0.05, 0) is 127 Å². The molecule has 10 aromatic carbocycles. The molecule has 0 atom stereocenters. The van der Waals surface area contributed by atoms with Crippen LogP contribution in [-0.2, 0) is 5.41 Å². The molecule has 3 aliphatic rings. The summed E-state index contributed by atoms with van der Waals surface area (Å²) in [5.74, 6) is 0. The topological polar surface area (TPSA) is 0 Å². The number of hydrogen-bond acceptors (Lipinski definition) is 0. The Bertz CT molecular complexity index is 3210. The Morgan fingerprint density at radius 3 is 1.38 bits per heavy atom. The van der Waals surface area contributed by atoms with Crippen LogP contribution in [0.15, 0.2) is 182 Å². The molecule has 0 N–H and O–H groups in total. The zero-order valence-electron chi connectivity index (χ0n) is 28.8. The highest BCUT2D eigenvalue weighted by molar-refractivity contribution is 6.25. The third-order valence-corrected chi connectivity index (χ3v) is 12.8. The number of fused-ring (bicyclic) bond motifs is 20. The van der Waals surface area contributed by atoms with Gasteiger partial charge in [0.2, 0.25) is 0 Å². The van der Waals surface area contributed by atoms with Gasteiger partial charge in [-0.3, -0.25) is 0 Å². The molecule has 0 heterocycles. The highest BCUT2D eigenvalue weighted by Gasteiger charge is 2.53. The number of rotatable bonds is 1. The zero-order chi connectivity index (χ0) is 34.4. The molecule has 0 saturated carbocycles. The van der Waals surface area contributed by atoms with Crippen LogP contribution >= 0.6 is 0 Å². The average Bonchev–Trinajstić information content (AvgIpc) is 3.84. The maximum atomic E-state index is 2.60. The Morgan fingerprint density at radius 2 is 0.698 bits per heavy atom. The van der Waals surface area contributed by atoms with Crippen LogP contribution < -0.4 is 0 Å². The molecule has 0 amide bonds. The lowest BCUT2D eigenvalue weighted by Crippen LogP contribution is -2.26. The summed E-state index contributed by atoms with van der Waals surface area (Å²) in [5.41, 5.74) is 18.4. The molecule has 53 heavy (non-hydrogen) atoms. The van der Waals surface area contributed by atoms with Gasteiger partial charge in [0.05, 0.1) is 5.41 Å². The molecule has 242 valence electrons. The summed E-state index contributed by atoms with van der Waals surface area (Å²) in [6, 6.07) is 69.0. The molecule has 13 rings (SSSR count). The highest BCUT2D eigenvalue weighted by Crippen LogP contribution is 2.67. The lowest BCUT2D eigenvalue weighted by atomic mass is 9.68. The second-order valence-electron chi connectivity index (χ2n) is 15.0. The second-order valence-corrected chi connectivity index (χ2v) is 15.0. The van der Waals surface area contributed by atoms with Gasteiger partial charge in [0.25, 0.3) is 0 Å². The molecule has 1 spiro atoms. The van der Waals surface area contributed by atoms with E-state index in [0.29, 0.717) is 0 Å². The first-order chi connectivity index (χ1) is 26.3. The molecular weight excluding hydrogens is 637 g/mol. The van der Waals surface area contributed by atoms with Crippen LogP contribution in [0.1, 0.15) is 22.3 Å². The van der Waals surface area contributed by atoms with Crippen LogP contribution in [0.5, 0.6) is 0 Å². The van der Waals surface area contributed by atoms with Gasteiger partial charge in [0.1, 0.15) is 0 Å². The molecule has 3 aliphatic carbocycles. The van der Waals surface area contributed by atoms with Crippen molar-refractivity contribution in [1.29, 1.82) is 0 Å². The van der Waals surface area contributed by atoms with Crippen LogP contribution in [0, 0.1) is 0 Å². The molecule has 0 fully saturated rings. The van der Waals surface area contributed by atoms with Crippen LogP contribution in [0.4, 0.5) is 0 Å². The van der Waals surface area contributed by atoms with Crippen molar-refractivity contribution < 1.29 is 0 Å². The van der Waals surface area contributed by atoms with Crippen molar-refractivity contribution in [2.24, 2.45) is 0 Å². The summed E-state index contributed by atoms with van der Waals surface area (Å²) >= 11 is 0. The monoisotopic (exact) mass is 666 g/mol. The van der Waals surface area contributed by atoms with Crippen molar-refractivity contribution in [3.05, 3.63) is 204 Å². The van der Waals surface area contributed by atoms with Crippen molar-refractivity contribution in [3.63, 3.8) is 0 Å².